The lowest BCUT2D eigenvalue weighted by Crippen LogP contribution is -2.17. The molecule has 0 radical (unpaired) electrons. The second-order valence-corrected chi connectivity index (χ2v) is 6.47. The van der Waals surface area contributed by atoms with Gasteiger partial charge in [0.15, 0.2) is 0 Å². The van der Waals surface area contributed by atoms with Crippen LogP contribution in [0.1, 0.15) is 43.4 Å². The lowest BCUT2D eigenvalue weighted by molar-refractivity contribution is 0.559. The topological polar surface area (TPSA) is 33.1 Å². The van der Waals surface area contributed by atoms with E-state index in [0.717, 1.165) is 19.5 Å². The van der Waals surface area contributed by atoms with E-state index in [1.54, 1.807) is 0 Å². The number of fused-ring (bicyclic) bond motifs is 1. The van der Waals surface area contributed by atoms with Gasteiger partial charge in [-0.05, 0) is 37.0 Å². The van der Waals surface area contributed by atoms with Crippen molar-refractivity contribution >= 4 is 11.5 Å². The van der Waals surface area contributed by atoms with Gasteiger partial charge in [0.2, 0.25) is 0 Å². The van der Waals surface area contributed by atoms with Crippen LogP contribution in [0.5, 0.6) is 0 Å². The number of anilines is 2. The van der Waals surface area contributed by atoms with Crippen LogP contribution in [-0.2, 0) is 6.54 Å². The van der Waals surface area contributed by atoms with E-state index in [4.69, 9.17) is 5.10 Å². The molecular weight excluding hydrogens is 272 g/mol. The predicted octanol–water partition coefficient (Wildman–Crippen LogP) is 3.45. The molecule has 2 aromatic rings. The molecule has 1 aromatic carbocycles. The molecule has 4 rings (SSSR count). The summed E-state index contributed by atoms with van der Waals surface area (Å²) in [4.78, 5) is 2.48. The second-order valence-electron chi connectivity index (χ2n) is 6.47. The first kappa shape index (κ1) is 13.7. The first-order valence-electron chi connectivity index (χ1n) is 8.48. The first-order valence-corrected chi connectivity index (χ1v) is 8.48. The SMILES string of the molecule is CC(c1ccc(N2CCCC2)cc1)c1cc2n(n1)CCCN2. The summed E-state index contributed by atoms with van der Waals surface area (Å²) in [6, 6.07) is 11.3. The van der Waals surface area contributed by atoms with Crippen LogP contribution in [0.4, 0.5) is 11.5 Å². The van der Waals surface area contributed by atoms with Crippen molar-refractivity contribution in [3.05, 3.63) is 41.6 Å². The van der Waals surface area contributed by atoms with Crippen LogP contribution in [-0.4, -0.2) is 29.4 Å². The number of hydrogen-bond donors (Lipinski definition) is 1. The largest absolute Gasteiger partial charge is 0.372 e. The highest BCUT2D eigenvalue weighted by molar-refractivity contribution is 5.50. The van der Waals surface area contributed by atoms with Gasteiger partial charge in [-0.2, -0.15) is 5.10 Å². The van der Waals surface area contributed by atoms with Gasteiger partial charge in [0.25, 0.3) is 0 Å². The van der Waals surface area contributed by atoms with Gasteiger partial charge in [-0.15, -0.1) is 0 Å². The Morgan fingerprint density at radius 1 is 1.05 bits per heavy atom. The molecule has 1 atom stereocenters. The monoisotopic (exact) mass is 296 g/mol. The highest BCUT2D eigenvalue weighted by Crippen LogP contribution is 2.29. The molecule has 116 valence electrons. The summed E-state index contributed by atoms with van der Waals surface area (Å²) in [5.41, 5.74) is 3.87. The highest BCUT2D eigenvalue weighted by Gasteiger charge is 2.18. The molecule has 22 heavy (non-hydrogen) atoms. The third-order valence-electron chi connectivity index (χ3n) is 4.96. The molecule has 2 aliphatic rings. The summed E-state index contributed by atoms with van der Waals surface area (Å²) in [6.45, 7) is 6.74. The lowest BCUT2D eigenvalue weighted by Gasteiger charge is -2.18. The Kier molecular flexibility index (Phi) is 3.53. The Balaban J connectivity index is 1.54. The quantitative estimate of drug-likeness (QED) is 0.941. The fraction of sp³-hybridized carbons (Fsp3) is 0.500. The number of nitrogens with zero attached hydrogens (tertiary/aromatic N) is 3. The van der Waals surface area contributed by atoms with Crippen LogP contribution in [0.2, 0.25) is 0 Å². The van der Waals surface area contributed by atoms with Gasteiger partial charge in [-0.3, -0.25) is 0 Å². The van der Waals surface area contributed by atoms with Crippen molar-refractivity contribution in [1.29, 1.82) is 0 Å². The number of benzene rings is 1. The second kappa shape index (κ2) is 5.67. The smallest absolute Gasteiger partial charge is 0.124 e. The van der Waals surface area contributed by atoms with Gasteiger partial charge in [0.05, 0.1) is 5.69 Å². The number of nitrogens with one attached hydrogen (secondary N) is 1. The van der Waals surface area contributed by atoms with E-state index in [0.29, 0.717) is 5.92 Å². The maximum absolute atomic E-state index is 4.77. The molecular formula is C18H24N4. The maximum atomic E-state index is 4.77. The average molecular weight is 296 g/mol. The molecule has 0 amide bonds. The van der Waals surface area contributed by atoms with Crippen LogP contribution >= 0.6 is 0 Å². The van der Waals surface area contributed by atoms with Gasteiger partial charge in [0.1, 0.15) is 5.82 Å². The fourth-order valence-corrected chi connectivity index (χ4v) is 3.53. The van der Waals surface area contributed by atoms with Crippen LogP contribution < -0.4 is 10.2 Å². The van der Waals surface area contributed by atoms with Crippen LogP contribution in [0, 0.1) is 0 Å². The van der Waals surface area contributed by atoms with Crippen molar-refractivity contribution in [3.63, 3.8) is 0 Å². The molecule has 2 aliphatic heterocycles. The molecule has 1 N–H and O–H groups in total. The minimum atomic E-state index is 0.340. The van der Waals surface area contributed by atoms with Crippen LogP contribution in [0.25, 0.3) is 0 Å². The molecule has 0 saturated carbocycles. The highest BCUT2D eigenvalue weighted by atomic mass is 15.3. The molecule has 0 aliphatic carbocycles. The van der Waals surface area contributed by atoms with Crippen molar-refractivity contribution in [1.82, 2.24) is 9.78 Å². The van der Waals surface area contributed by atoms with Gasteiger partial charge < -0.3 is 10.2 Å². The van der Waals surface area contributed by atoms with Crippen molar-refractivity contribution < 1.29 is 0 Å². The van der Waals surface area contributed by atoms with E-state index in [9.17, 15) is 0 Å². The van der Waals surface area contributed by atoms with Crippen molar-refractivity contribution in [2.45, 2.75) is 38.6 Å². The summed E-state index contributed by atoms with van der Waals surface area (Å²) in [6.07, 6.45) is 3.81. The molecule has 3 heterocycles. The number of aromatic nitrogens is 2. The fourth-order valence-electron chi connectivity index (χ4n) is 3.53. The van der Waals surface area contributed by atoms with Crippen LogP contribution in [0.15, 0.2) is 30.3 Å². The Morgan fingerprint density at radius 2 is 1.82 bits per heavy atom. The Hall–Kier alpha value is -1.97. The Morgan fingerprint density at radius 3 is 2.55 bits per heavy atom. The standard InChI is InChI=1S/C18H24N4/c1-14(17-13-18-19-9-4-12-22(18)20-17)15-5-7-16(8-6-15)21-10-2-3-11-21/h5-8,13-14,19H,2-4,9-12H2,1H3. The van der Waals surface area contributed by atoms with Crippen LogP contribution in [0.3, 0.4) is 0 Å². The number of aryl methyl sites for hydroxylation is 1. The molecule has 1 saturated heterocycles. The predicted molar refractivity (Wildman–Crippen MR) is 90.7 cm³/mol. The van der Waals surface area contributed by atoms with E-state index in [-0.39, 0.29) is 0 Å². The van der Waals surface area contributed by atoms with Crippen molar-refractivity contribution in [2.24, 2.45) is 0 Å². The molecule has 4 heteroatoms. The third kappa shape index (κ3) is 2.47. The maximum Gasteiger partial charge on any atom is 0.124 e. The first-order chi connectivity index (χ1) is 10.8. The van der Waals surface area contributed by atoms with Gasteiger partial charge in [-0.25, -0.2) is 4.68 Å². The normalized spacial score (nSPS) is 18.9. The minimum Gasteiger partial charge on any atom is -0.372 e. The molecule has 1 aromatic heterocycles. The van der Waals surface area contributed by atoms with E-state index in [1.807, 2.05) is 0 Å². The zero-order valence-corrected chi connectivity index (χ0v) is 13.3. The molecule has 1 unspecified atom stereocenters. The lowest BCUT2D eigenvalue weighted by atomic mass is 9.97. The zero-order chi connectivity index (χ0) is 14.9. The van der Waals surface area contributed by atoms with Gasteiger partial charge in [-0.1, -0.05) is 19.1 Å². The number of rotatable bonds is 3. The summed E-state index contributed by atoms with van der Waals surface area (Å²) >= 11 is 0. The molecule has 0 bridgehead atoms. The van der Waals surface area contributed by atoms with E-state index >= 15 is 0 Å². The van der Waals surface area contributed by atoms with Crippen molar-refractivity contribution in [2.75, 3.05) is 29.9 Å². The minimum absolute atomic E-state index is 0.340. The average Bonchev–Trinajstić information content (AvgIpc) is 3.23. The van der Waals surface area contributed by atoms with E-state index < -0.39 is 0 Å². The summed E-state index contributed by atoms with van der Waals surface area (Å²) in [7, 11) is 0. The summed E-state index contributed by atoms with van der Waals surface area (Å²) < 4.78 is 2.11. The van der Waals surface area contributed by atoms with E-state index in [1.165, 1.54) is 48.7 Å². The van der Waals surface area contributed by atoms with Crippen molar-refractivity contribution in [3.8, 4) is 0 Å². The summed E-state index contributed by atoms with van der Waals surface area (Å²) in [5.74, 6) is 1.51. The zero-order valence-electron chi connectivity index (χ0n) is 13.3. The Bertz CT molecular complexity index is 614. The van der Waals surface area contributed by atoms with Gasteiger partial charge in [0, 0.05) is 43.9 Å². The third-order valence-corrected chi connectivity index (χ3v) is 4.96. The molecule has 1 fully saturated rings. The summed E-state index contributed by atoms with van der Waals surface area (Å²) in [5, 5.41) is 8.20. The van der Waals surface area contributed by atoms with E-state index in [2.05, 4.69) is 52.2 Å². The van der Waals surface area contributed by atoms with Gasteiger partial charge >= 0.3 is 0 Å². The molecule has 0 spiro atoms. The number of hydrogen-bond acceptors (Lipinski definition) is 3. The Labute approximate surface area is 132 Å². The molecule has 4 nitrogen and oxygen atoms in total.